The third-order valence-electron chi connectivity index (χ3n) is 2.35. The van der Waals surface area contributed by atoms with Gasteiger partial charge in [0.05, 0.1) is 6.54 Å². The molecule has 0 fully saturated rings. The summed E-state index contributed by atoms with van der Waals surface area (Å²) in [4.78, 5) is 22.4. The molecule has 0 aliphatic carbocycles. The van der Waals surface area contributed by atoms with Gasteiger partial charge in [-0.05, 0) is 26.0 Å². The van der Waals surface area contributed by atoms with E-state index < -0.39 is 12.0 Å². The molecule has 1 atom stereocenters. The van der Waals surface area contributed by atoms with E-state index in [0.717, 1.165) is 0 Å². The molecular formula is C11H17N3O3. The summed E-state index contributed by atoms with van der Waals surface area (Å²) in [6.45, 7) is 3.72. The van der Waals surface area contributed by atoms with E-state index in [1.54, 1.807) is 22.9 Å². The Morgan fingerprint density at radius 1 is 1.53 bits per heavy atom. The molecule has 1 rings (SSSR count). The number of primary amides is 1. The molecule has 6 nitrogen and oxygen atoms in total. The average Bonchev–Trinajstić information content (AvgIpc) is 2.73. The maximum Gasteiger partial charge on any atom is 0.268 e. The van der Waals surface area contributed by atoms with Crippen LogP contribution in [0.4, 0.5) is 0 Å². The number of hydrogen-bond donors (Lipinski definition) is 3. The van der Waals surface area contributed by atoms with Gasteiger partial charge in [-0.2, -0.15) is 0 Å². The molecule has 0 saturated heterocycles. The van der Waals surface area contributed by atoms with E-state index in [1.807, 2.05) is 13.8 Å². The number of aromatic nitrogens is 1. The van der Waals surface area contributed by atoms with Crippen LogP contribution in [-0.4, -0.2) is 34.1 Å². The molecule has 1 aromatic heterocycles. The molecule has 0 radical (unpaired) electrons. The van der Waals surface area contributed by atoms with Crippen molar-refractivity contribution in [2.24, 2.45) is 5.73 Å². The van der Waals surface area contributed by atoms with Crippen LogP contribution in [0.15, 0.2) is 18.3 Å². The SMILES string of the molecule is CC(C)n1cccc1C(=O)NCC(O)C(N)=O. The van der Waals surface area contributed by atoms with Crippen LogP contribution in [0.5, 0.6) is 0 Å². The number of amides is 2. The van der Waals surface area contributed by atoms with Gasteiger partial charge in [-0.25, -0.2) is 0 Å². The Morgan fingerprint density at radius 3 is 2.71 bits per heavy atom. The maximum absolute atomic E-state index is 11.8. The average molecular weight is 239 g/mol. The second-order valence-corrected chi connectivity index (χ2v) is 4.02. The van der Waals surface area contributed by atoms with Crippen molar-refractivity contribution in [3.05, 3.63) is 24.0 Å². The molecule has 4 N–H and O–H groups in total. The zero-order valence-electron chi connectivity index (χ0n) is 9.88. The van der Waals surface area contributed by atoms with Gasteiger partial charge in [-0.1, -0.05) is 0 Å². The third kappa shape index (κ3) is 3.32. The molecule has 17 heavy (non-hydrogen) atoms. The van der Waals surface area contributed by atoms with Gasteiger partial charge in [-0.3, -0.25) is 9.59 Å². The fourth-order valence-electron chi connectivity index (χ4n) is 1.42. The monoisotopic (exact) mass is 239 g/mol. The van der Waals surface area contributed by atoms with Crippen molar-refractivity contribution in [1.29, 1.82) is 0 Å². The summed E-state index contributed by atoms with van der Waals surface area (Å²) in [5, 5.41) is 11.6. The molecule has 0 aliphatic rings. The minimum atomic E-state index is -1.36. The summed E-state index contributed by atoms with van der Waals surface area (Å²) in [7, 11) is 0. The molecule has 0 aromatic carbocycles. The van der Waals surface area contributed by atoms with Crippen LogP contribution in [-0.2, 0) is 4.79 Å². The van der Waals surface area contributed by atoms with Gasteiger partial charge >= 0.3 is 0 Å². The van der Waals surface area contributed by atoms with E-state index >= 15 is 0 Å². The highest BCUT2D eigenvalue weighted by Crippen LogP contribution is 2.10. The first-order valence-corrected chi connectivity index (χ1v) is 5.36. The normalized spacial score (nSPS) is 12.5. The lowest BCUT2D eigenvalue weighted by molar-refractivity contribution is -0.125. The zero-order chi connectivity index (χ0) is 13.0. The van der Waals surface area contributed by atoms with Crippen LogP contribution in [0.2, 0.25) is 0 Å². The van der Waals surface area contributed by atoms with E-state index in [0.29, 0.717) is 5.69 Å². The van der Waals surface area contributed by atoms with Gasteiger partial charge in [0.2, 0.25) is 5.91 Å². The summed E-state index contributed by atoms with van der Waals surface area (Å²) in [6, 6.07) is 3.60. The van der Waals surface area contributed by atoms with Crippen LogP contribution < -0.4 is 11.1 Å². The quantitative estimate of drug-likeness (QED) is 0.654. The topological polar surface area (TPSA) is 97.3 Å². The van der Waals surface area contributed by atoms with Gasteiger partial charge < -0.3 is 20.7 Å². The van der Waals surface area contributed by atoms with Crippen molar-refractivity contribution < 1.29 is 14.7 Å². The van der Waals surface area contributed by atoms with Crippen LogP contribution in [0.1, 0.15) is 30.4 Å². The number of nitrogens with two attached hydrogens (primary N) is 1. The minimum Gasteiger partial charge on any atom is -0.381 e. The number of aliphatic hydroxyl groups excluding tert-OH is 1. The van der Waals surface area contributed by atoms with Crippen LogP contribution in [0.3, 0.4) is 0 Å². The standard InChI is InChI=1S/C11H17N3O3/c1-7(2)14-5-3-4-8(14)11(17)13-6-9(15)10(12)16/h3-5,7,9,15H,6H2,1-2H3,(H2,12,16)(H,13,17). The summed E-state index contributed by atoms with van der Waals surface area (Å²) in [5.74, 6) is -1.20. The molecule has 0 spiro atoms. The van der Waals surface area contributed by atoms with Crippen molar-refractivity contribution in [2.75, 3.05) is 6.54 Å². The van der Waals surface area contributed by atoms with Gasteiger partial charge in [0, 0.05) is 12.2 Å². The van der Waals surface area contributed by atoms with Crippen LogP contribution >= 0.6 is 0 Å². The number of nitrogens with zero attached hydrogens (tertiary/aromatic N) is 1. The fraction of sp³-hybridized carbons (Fsp3) is 0.455. The van der Waals surface area contributed by atoms with Crippen molar-refractivity contribution >= 4 is 11.8 Å². The molecule has 6 heteroatoms. The number of rotatable bonds is 5. The van der Waals surface area contributed by atoms with Crippen LogP contribution in [0, 0.1) is 0 Å². The van der Waals surface area contributed by atoms with Crippen molar-refractivity contribution in [1.82, 2.24) is 9.88 Å². The summed E-state index contributed by atoms with van der Waals surface area (Å²) in [6.07, 6.45) is 0.436. The summed E-state index contributed by atoms with van der Waals surface area (Å²) < 4.78 is 1.80. The van der Waals surface area contributed by atoms with Gasteiger partial charge in [-0.15, -0.1) is 0 Å². The second kappa shape index (κ2) is 5.49. The van der Waals surface area contributed by atoms with Gasteiger partial charge in [0.1, 0.15) is 11.8 Å². The first-order valence-electron chi connectivity index (χ1n) is 5.36. The first kappa shape index (κ1) is 13.2. The predicted molar refractivity (Wildman–Crippen MR) is 62.4 cm³/mol. The summed E-state index contributed by atoms with van der Waals surface area (Å²) in [5.41, 5.74) is 5.36. The Balaban J connectivity index is 2.64. The van der Waals surface area contributed by atoms with E-state index in [2.05, 4.69) is 5.32 Å². The number of nitrogens with one attached hydrogen (secondary N) is 1. The highest BCUT2D eigenvalue weighted by Gasteiger charge is 2.16. The molecule has 2 amide bonds. The van der Waals surface area contributed by atoms with E-state index in [1.165, 1.54) is 0 Å². The zero-order valence-corrected chi connectivity index (χ0v) is 9.88. The molecular weight excluding hydrogens is 222 g/mol. The first-order chi connectivity index (χ1) is 7.93. The number of carbonyl (C=O) groups is 2. The molecule has 0 bridgehead atoms. The molecule has 1 unspecified atom stereocenters. The van der Waals surface area contributed by atoms with E-state index in [9.17, 15) is 9.59 Å². The Labute approximate surface area is 99.4 Å². The largest absolute Gasteiger partial charge is 0.381 e. The fourth-order valence-corrected chi connectivity index (χ4v) is 1.42. The highest BCUT2D eigenvalue weighted by atomic mass is 16.3. The van der Waals surface area contributed by atoms with E-state index in [4.69, 9.17) is 10.8 Å². The molecule has 94 valence electrons. The Hall–Kier alpha value is -1.82. The van der Waals surface area contributed by atoms with Crippen molar-refractivity contribution in [3.63, 3.8) is 0 Å². The maximum atomic E-state index is 11.8. The van der Waals surface area contributed by atoms with Crippen LogP contribution in [0.25, 0.3) is 0 Å². The molecule has 1 aromatic rings. The predicted octanol–water partition coefficient (Wildman–Crippen LogP) is -0.355. The molecule has 1 heterocycles. The van der Waals surface area contributed by atoms with Gasteiger partial charge in [0.25, 0.3) is 5.91 Å². The lowest BCUT2D eigenvalue weighted by atomic mass is 10.3. The number of carbonyl (C=O) groups excluding carboxylic acids is 2. The van der Waals surface area contributed by atoms with Crippen molar-refractivity contribution in [3.8, 4) is 0 Å². The summed E-state index contributed by atoms with van der Waals surface area (Å²) >= 11 is 0. The highest BCUT2D eigenvalue weighted by molar-refractivity contribution is 5.93. The van der Waals surface area contributed by atoms with Gasteiger partial charge in [0.15, 0.2) is 0 Å². The molecule has 0 saturated carbocycles. The minimum absolute atomic E-state index is 0.159. The third-order valence-corrected chi connectivity index (χ3v) is 2.35. The van der Waals surface area contributed by atoms with E-state index in [-0.39, 0.29) is 18.5 Å². The number of aliphatic hydroxyl groups is 1. The smallest absolute Gasteiger partial charge is 0.268 e. The Bertz CT molecular complexity index is 412. The Morgan fingerprint density at radius 2 is 2.18 bits per heavy atom. The second-order valence-electron chi connectivity index (χ2n) is 4.02. The number of hydrogen-bond acceptors (Lipinski definition) is 3. The van der Waals surface area contributed by atoms with Crippen molar-refractivity contribution in [2.45, 2.75) is 26.0 Å². The lowest BCUT2D eigenvalue weighted by Crippen LogP contribution is -2.40. The molecule has 0 aliphatic heterocycles. The lowest BCUT2D eigenvalue weighted by Gasteiger charge is -2.13. The Kier molecular flexibility index (Phi) is 4.28.